The molecular formula is C16H14FNO4. The van der Waals surface area contributed by atoms with Crippen LogP contribution in [0.3, 0.4) is 0 Å². The van der Waals surface area contributed by atoms with Crippen molar-refractivity contribution in [3.8, 4) is 5.75 Å². The summed E-state index contributed by atoms with van der Waals surface area (Å²) in [6, 6.07) is 11.5. The third kappa shape index (κ3) is 4.05. The summed E-state index contributed by atoms with van der Waals surface area (Å²) in [7, 11) is 0. The fourth-order valence-corrected chi connectivity index (χ4v) is 1.68. The summed E-state index contributed by atoms with van der Waals surface area (Å²) in [6.45, 7) is 1.41. The van der Waals surface area contributed by atoms with E-state index < -0.39 is 12.1 Å². The number of carbonyl (C=O) groups is 2. The number of rotatable bonds is 5. The Morgan fingerprint density at radius 3 is 2.23 bits per heavy atom. The van der Waals surface area contributed by atoms with Crippen molar-refractivity contribution in [2.45, 2.75) is 13.0 Å². The van der Waals surface area contributed by atoms with E-state index in [9.17, 15) is 14.0 Å². The lowest BCUT2D eigenvalue weighted by molar-refractivity contribution is -0.144. The second kappa shape index (κ2) is 6.71. The van der Waals surface area contributed by atoms with Crippen LogP contribution in [0.4, 0.5) is 10.1 Å². The third-order valence-electron chi connectivity index (χ3n) is 2.88. The van der Waals surface area contributed by atoms with Gasteiger partial charge in [-0.25, -0.2) is 9.18 Å². The van der Waals surface area contributed by atoms with Crippen molar-refractivity contribution in [3.63, 3.8) is 0 Å². The monoisotopic (exact) mass is 303 g/mol. The lowest BCUT2D eigenvalue weighted by Gasteiger charge is -2.11. The van der Waals surface area contributed by atoms with Gasteiger partial charge in [0.1, 0.15) is 11.6 Å². The van der Waals surface area contributed by atoms with E-state index in [1.165, 1.54) is 55.5 Å². The van der Waals surface area contributed by atoms with Crippen LogP contribution < -0.4 is 10.1 Å². The van der Waals surface area contributed by atoms with Crippen LogP contribution in [0.25, 0.3) is 0 Å². The fourth-order valence-electron chi connectivity index (χ4n) is 1.68. The second-order valence-corrected chi connectivity index (χ2v) is 4.58. The van der Waals surface area contributed by atoms with Gasteiger partial charge in [-0.2, -0.15) is 0 Å². The summed E-state index contributed by atoms with van der Waals surface area (Å²) in [6.07, 6.45) is -0.973. The lowest BCUT2D eigenvalue weighted by atomic mass is 10.2. The first-order valence-corrected chi connectivity index (χ1v) is 6.52. The number of amides is 1. The summed E-state index contributed by atoms with van der Waals surface area (Å²) in [5.74, 6) is -1.46. The van der Waals surface area contributed by atoms with Gasteiger partial charge in [0, 0.05) is 11.3 Å². The molecule has 2 aromatic rings. The van der Waals surface area contributed by atoms with Gasteiger partial charge in [0.25, 0.3) is 5.91 Å². The average molecular weight is 303 g/mol. The summed E-state index contributed by atoms with van der Waals surface area (Å²) < 4.78 is 18.0. The molecular weight excluding hydrogens is 289 g/mol. The Morgan fingerprint density at radius 1 is 1.09 bits per heavy atom. The molecule has 0 fully saturated rings. The Bertz CT molecular complexity index is 668. The van der Waals surface area contributed by atoms with Crippen LogP contribution in [0.2, 0.25) is 0 Å². The van der Waals surface area contributed by atoms with Crippen molar-refractivity contribution in [1.29, 1.82) is 0 Å². The largest absolute Gasteiger partial charge is 0.479 e. The SMILES string of the molecule is C[C@@H](Oc1ccc(C(=O)Nc2ccc(F)cc2)cc1)C(=O)O. The van der Waals surface area contributed by atoms with E-state index in [1.54, 1.807) is 0 Å². The van der Waals surface area contributed by atoms with Crippen LogP contribution in [-0.4, -0.2) is 23.1 Å². The fraction of sp³-hybridized carbons (Fsp3) is 0.125. The number of carboxylic acid groups (broad SMARTS) is 1. The van der Waals surface area contributed by atoms with Crippen LogP contribution in [0, 0.1) is 5.82 Å². The van der Waals surface area contributed by atoms with E-state index in [0.717, 1.165) is 0 Å². The van der Waals surface area contributed by atoms with Crippen LogP contribution >= 0.6 is 0 Å². The van der Waals surface area contributed by atoms with Gasteiger partial charge >= 0.3 is 5.97 Å². The van der Waals surface area contributed by atoms with Crippen molar-refractivity contribution in [1.82, 2.24) is 0 Å². The number of anilines is 1. The second-order valence-electron chi connectivity index (χ2n) is 4.58. The molecule has 2 aromatic carbocycles. The number of aliphatic carboxylic acids is 1. The molecule has 1 atom stereocenters. The smallest absolute Gasteiger partial charge is 0.344 e. The van der Waals surface area contributed by atoms with Crippen molar-refractivity contribution >= 4 is 17.6 Å². The van der Waals surface area contributed by atoms with E-state index in [2.05, 4.69) is 5.32 Å². The Kier molecular flexibility index (Phi) is 4.73. The predicted molar refractivity (Wildman–Crippen MR) is 78.5 cm³/mol. The number of benzene rings is 2. The highest BCUT2D eigenvalue weighted by Gasteiger charge is 2.13. The molecule has 2 N–H and O–H groups in total. The van der Waals surface area contributed by atoms with Crippen molar-refractivity contribution in [2.75, 3.05) is 5.32 Å². The predicted octanol–water partition coefficient (Wildman–Crippen LogP) is 2.93. The molecule has 2 rings (SSSR count). The standard InChI is InChI=1S/C16H14FNO4/c1-10(16(20)21)22-14-8-2-11(3-9-14)15(19)18-13-6-4-12(17)5-7-13/h2-10H,1H3,(H,18,19)(H,20,21)/t10-/m1/s1. The van der Waals surface area contributed by atoms with E-state index in [4.69, 9.17) is 9.84 Å². The van der Waals surface area contributed by atoms with Gasteiger partial charge < -0.3 is 15.2 Å². The van der Waals surface area contributed by atoms with Gasteiger partial charge in [0.2, 0.25) is 0 Å². The maximum atomic E-state index is 12.8. The number of halogens is 1. The zero-order chi connectivity index (χ0) is 16.1. The van der Waals surface area contributed by atoms with Gasteiger partial charge in [0.15, 0.2) is 6.10 Å². The van der Waals surface area contributed by atoms with Crippen molar-refractivity contribution in [2.24, 2.45) is 0 Å². The Labute approximate surface area is 126 Å². The molecule has 114 valence electrons. The highest BCUT2D eigenvalue weighted by atomic mass is 19.1. The number of carboxylic acids is 1. The molecule has 22 heavy (non-hydrogen) atoms. The molecule has 6 heteroatoms. The number of nitrogens with one attached hydrogen (secondary N) is 1. The maximum absolute atomic E-state index is 12.8. The first-order chi connectivity index (χ1) is 10.5. The maximum Gasteiger partial charge on any atom is 0.344 e. The van der Waals surface area contributed by atoms with Crippen LogP contribution in [0.5, 0.6) is 5.75 Å². The molecule has 0 heterocycles. The molecule has 0 radical (unpaired) electrons. The number of hydrogen-bond donors (Lipinski definition) is 2. The molecule has 0 saturated heterocycles. The van der Waals surface area contributed by atoms with Crippen LogP contribution in [-0.2, 0) is 4.79 Å². The molecule has 5 nitrogen and oxygen atoms in total. The van der Waals surface area contributed by atoms with E-state index in [-0.39, 0.29) is 11.7 Å². The Balaban J connectivity index is 2.01. The van der Waals surface area contributed by atoms with E-state index in [1.807, 2.05) is 0 Å². The van der Waals surface area contributed by atoms with Crippen LogP contribution in [0.15, 0.2) is 48.5 Å². The van der Waals surface area contributed by atoms with Gasteiger partial charge in [-0.3, -0.25) is 4.79 Å². The minimum absolute atomic E-state index is 0.355. The van der Waals surface area contributed by atoms with Crippen molar-refractivity contribution < 1.29 is 23.8 Å². The summed E-state index contributed by atoms with van der Waals surface area (Å²) in [4.78, 5) is 22.7. The Morgan fingerprint density at radius 2 is 1.68 bits per heavy atom. The van der Waals surface area contributed by atoms with Gasteiger partial charge in [-0.05, 0) is 55.5 Å². The van der Waals surface area contributed by atoms with Crippen LogP contribution in [0.1, 0.15) is 17.3 Å². The zero-order valence-electron chi connectivity index (χ0n) is 11.7. The number of ether oxygens (including phenoxy) is 1. The first-order valence-electron chi connectivity index (χ1n) is 6.52. The molecule has 0 spiro atoms. The third-order valence-corrected chi connectivity index (χ3v) is 2.88. The molecule has 0 aliphatic heterocycles. The van der Waals surface area contributed by atoms with E-state index >= 15 is 0 Å². The quantitative estimate of drug-likeness (QED) is 0.890. The molecule has 0 aromatic heterocycles. The zero-order valence-corrected chi connectivity index (χ0v) is 11.7. The molecule has 0 unspecified atom stereocenters. The minimum atomic E-state index is -1.07. The average Bonchev–Trinajstić information content (AvgIpc) is 2.50. The molecule has 0 bridgehead atoms. The molecule has 0 saturated carbocycles. The van der Waals surface area contributed by atoms with Gasteiger partial charge in [-0.1, -0.05) is 0 Å². The summed E-state index contributed by atoms with van der Waals surface area (Å²) in [5.41, 5.74) is 0.853. The summed E-state index contributed by atoms with van der Waals surface area (Å²) in [5, 5.41) is 11.4. The molecule has 1 amide bonds. The Hall–Kier alpha value is -2.89. The lowest BCUT2D eigenvalue weighted by Crippen LogP contribution is -2.22. The number of carbonyl (C=O) groups excluding carboxylic acids is 1. The van der Waals surface area contributed by atoms with Gasteiger partial charge in [0.05, 0.1) is 0 Å². The highest BCUT2D eigenvalue weighted by molar-refractivity contribution is 6.04. The molecule has 0 aliphatic carbocycles. The van der Waals surface area contributed by atoms with Gasteiger partial charge in [-0.15, -0.1) is 0 Å². The minimum Gasteiger partial charge on any atom is -0.479 e. The topological polar surface area (TPSA) is 75.6 Å². The van der Waals surface area contributed by atoms with E-state index in [0.29, 0.717) is 17.0 Å². The summed E-state index contributed by atoms with van der Waals surface area (Å²) >= 11 is 0. The normalized spacial score (nSPS) is 11.5. The molecule has 0 aliphatic rings. The number of hydrogen-bond acceptors (Lipinski definition) is 3. The first kappa shape index (κ1) is 15.5. The highest BCUT2D eigenvalue weighted by Crippen LogP contribution is 2.16. The van der Waals surface area contributed by atoms with Crippen molar-refractivity contribution in [3.05, 3.63) is 59.9 Å².